The van der Waals surface area contributed by atoms with Gasteiger partial charge >= 0.3 is 0 Å². The monoisotopic (exact) mass is 194 g/mol. The first-order chi connectivity index (χ1) is 6.63. The van der Waals surface area contributed by atoms with Crippen molar-refractivity contribution in [1.29, 1.82) is 0 Å². The molecule has 0 saturated carbocycles. The second kappa shape index (κ2) is 6.58. The molecule has 14 heavy (non-hydrogen) atoms. The van der Waals surface area contributed by atoms with Gasteiger partial charge in [-0.25, -0.2) is 0 Å². The number of allylic oxidation sites excluding steroid dienone is 4. The number of rotatable bonds is 6. The Morgan fingerprint density at radius 3 is 2.29 bits per heavy atom. The predicted octanol–water partition coefficient (Wildman–Crippen LogP) is 3.90. The van der Waals surface area contributed by atoms with Gasteiger partial charge in [0.1, 0.15) is 5.78 Å². The van der Waals surface area contributed by atoms with Crippen LogP contribution in [-0.2, 0) is 4.79 Å². The van der Waals surface area contributed by atoms with Crippen molar-refractivity contribution in [2.75, 3.05) is 0 Å². The maximum atomic E-state index is 11.7. The normalized spacial score (nSPS) is 16.3. The molecule has 0 fully saturated rings. The minimum Gasteiger partial charge on any atom is -0.299 e. The molecule has 1 nitrogen and oxygen atoms in total. The zero-order valence-electron chi connectivity index (χ0n) is 9.84. The molecular formula is C13H22O. The lowest BCUT2D eigenvalue weighted by Gasteiger charge is -2.26. The van der Waals surface area contributed by atoms with Gasteiger partial charge in [-0.1, -0.05) is 37.6 Å². The molecule has 0 amide bonds. The van der Waals surface area contributed by atoms with Crippen LogP contribution < -0.4 is 0 Å². The molecule has 0 spiro atoms. The van der Waals surface area contributed by atoms with Crippen LogP contribution in [-0.4, -0.2) is 5.78 Å². The minimum absolute atomic E-state index is 0.254. The molecule has 0 aliphatic heterocycles. The van der Waals surface area contributed by atoms with Crippen molar-refractivity contribution >= 4 is 5.78 Å². The smallest absolute Gasteiger partial charge is 0.140 e. The lowest BCUT2D eigenvalue weighted by molar-refractivity contribution is -0.124. The lowest BCUT2D eigenvalue weighted by Crippen LogP contribution is -2.26. The van der Waals surface area contributed by atoms with E-state index in [0.717, 1.165) is 19.3 Å². The zero-order chi connectivity index (χ0) is 11.0. The van der Waals surface area contributed by atoms with Gasteiger partial charge in [0.15, 0.2) is 0 Å². The van der Waals surface area contributed by atoms with E-state index < -0.39 is 0 Å². The molecule has 0 aromatic carbocycles. The van der Waals surface area contributed by atoms with Crippen LogP contribution in [0.1, 0.15) is 47.0 Å². The first-order valence-electron chi connectivity index (χ1n) is 5.39. The molecule has 0 bridgehead atoms. The van der Waals surface area contributed by atoms with Crippen LogP contribution >= 0.6 is 0 Å². The topological polar surface area (TPSA) is 17.1 Å². The highest BCUT2D eigenvalue weighted by atomic mass is 16.1. The number of ketones is 1. The summed E-state index contributed by atoms with van der Waals surface area (Å²) in [5.41, 5.74) is -0.254. The van der Waals surface area contributed by atoms with Gasteiger partial charge in [0.2, 0.25) is 0 Å². The molecule has 0 radical (unpaired) electrons. The zero-order valence-corrected chi connectivity index (χ0v) is 9.84. The number of carbonyl (C=O) groups excluding carboxylic acids is 1. The molecule has 1 heteroatoms. The summed E-state index contributed by atoms with van der Waals surface area (Å²) in [4.78, 5) is 11.7. The van der Waals surface area contributed by atoms with Crippen molar-refractivity contribution in [3.8, 4) is 0 Å². The van der Waals surface area contributed by atoms with Crippen molar-refractivity contribution in [2.45, 2.75) is 47.0 Å². The van der Waals surface area contributed by atoms with E-state index in [1.165, 1.54) is 0 Å². The summed E-state index contributed by atoms with van der Waals surface area (Å²) >= 11 is 0. The summed E-state index contributed by atoms with van der Waals surface area (Å²) < 4.78 is 0. The van der Waals surface area contributed by atoms with E-state index in [-0.39, 0.29) is 11.2 Å². The third-order valence-corrected chi connectivity index (χ3v) is 2.60. The Balaban J connectivity index is 4.82. The third kappa shape index (κ3) is 3.49. The van der Waals surface area contributed by atoms with Crippen molar-refractivity contribution in [3.63, 3.8) is 0 Å². The highest BCUT2D eigenvalue weighted by Crippen LogP contribution is 2.31. The molecule has 80 valence electrons. The Hall–Kier alpha value is -0.850. The number of hydrogen-bond donors (Lipinski definition) is 0. The number of hydrogen-bond acceptors (Lipinski definition) is 1. The first-order valence-corrected chi connectivity index (χ1v) is 5.39. The third-order valence-electron chi connectivity index (χ3n) is 2.60. The molecule has 1 unspecified atom stereocenters. The summed E-state index contributed by atoms with van der Waals surface area (Å²) in [6, 6.07) is 0. The van der Waals surface area contributed by atoms with E-state index >= 15 is 0 Å². The number of carbonyl (C=O) groups is 1. The van der Waals surface area contributed by atoms with E-state index in [1.807, 2.05) is 26.0 Å². The van der Waals surface area contributed by atoms with Gasteiger partial charge in [-0.15, -0.1) is 0 Å². The van der Waals surface area contributed by atoms with Crippen LogP contribution in [0.5, 0.6) is 0 Å². The Bertz CT molecular complexity index is 225. The van der Waals surface area contributed by atoms with Crippen LogP contribution in [0.3, 0.4) is 0 Å². The van der Waals surface area contributed by atoms with E-state index in [2.05, 4.69) is 19.1 Å². The minimum atomic E-state index is -0.254. The summed E-state index contributed by atoms with van der Waals surface area (Å²) in [6.07, 6.45) is 10.9. The molecule has 0 heterocycles. The quantitative estimate of drug-likeness (QED) is 0.586. The maximum Gasteiger partial charge on any atom is 0.140 e. The molecule has 0 N–H and O–H groups in total. The molecule has 0 saturated heterocycles. The molecule has 0 aromatic rings. The van der Waals surface area contributed by atoms with Crippen LogP contribution in [0.25, 0.3) is 0 Å². The average molecular weight is 194 g/mol. The second-order valence-electron chi connectivity index (χ2n) is 3.74. The van der Waals surface area contributed by atoms with Gasteiger partial charge in [0.05, 0.1) is 0 Å². The summed E-state index contributed by atoms with van der Waals surface area (Å²) in [6.45, 7) is 7.78. The van der Waals surface area contributed by atoms with Gasteiger partial charge in [0.25, 0.3) is 0 Å². The fraction of sp³-hybridized carbons (Fsp3) is 0.615. The highest BCUT2D eigenvalue weighted by Gasteiger charge is 2.29. The van der Waals surface area contributed by atoms with Crippen molar-refractivity contribution in [1.82, 2.24) is 0 Å². The van der Waals surface area contributed by atoms with Crippen LogP contribution in [0.4, 0.5) is 0 Å². The van der Waals surface area contributed by atoms with Crippen LogP contribution in [0, 0.1) is 5.41 Å². The van der Waals surface area contributed by atoms with Crippen LogP contribution in [0.15, 0.2) is 24.3 Å². The summed E-state index contributed by atoms with van der Waals surface area (Å²) in [5.74, 6) is 0.274. The van der Waals surface area contributed by atoms with E-state index in [0.29, 0.717) is 0 Å². The fourth-order valence-electron chi connectivity index (χ4n) is 1.78. The average Bonchev–Trinajstić information content (AvgIpc) is 2.14. The Morgan fingerprint density at radius 2 is 1.93 bits per heavy atom. The maximum absolute atomic E-state index is 11.7. The standard InChI is InChI=1S/C13H22O/c1-5-8-11-13(9-6-2,10-7-3)12(4)14/h5-6,8-9H,7,10-11H2,1-4H3/b8-5+,9-6+. The van der Waals surface area contributed by atoms with Gasteiger partial charge in [-0.3, -0.25) is 4.79 Å². The predicted molar refractivity (Wildman–Crippen MR) is 62.3 cm³/mol. The van der Waals surface area contributed by atoms with Crippen molar-refractivity contribution in [2.24, 2.45) is 5.41 Å². The van der Waals surface area contributed by atoms with Gasteiger partial charge in [0, 0.05) is 5.41 Å². The van der Waals surface area contributed by atoms with E-state index in [4.69, 9.17) is 0 Å². The van der Waals surface area contributed by atoms with Gasteiger partial charge < -0.3 is 0 Å². The Morgan fingerprint density at radius 1 is 1.29 bits per heavy atom. The fourth-order valence-corrected chi connectivity index (χ4v) is 1.78. The molecule has 0 aliphatic carbocycles. The van der Waals surface area contributed by atoms with Crippen molar-refractivity contribution in [3.05, 3.63) is 24.3 Å². The Kier molecular flexibility index (Phi) is 6.18. The molecule has 1 atom stereocenters. The summed E-state index contributed by atoms with van der Waals surface area (Å²) in [7, 11) is 0. The van der Waals surface area contributed by atoms with Gasteiger partial charge in [-0.2, -0.15) is 0 Å². The lowest BCUT2D eigenvalue weighted by atomic mass is 9.76. The Labute approximate surface area is 87.9 Å². The SMILES string of the molecule is C/C=C/CC(/C=C/C)(CCC)C(C)=O. The largest absolute Gasteiger partial charge is 0.299 e. The molecule has 0 rings (SSSR count). The van der Waals surface area contributed by atoms with E-state index in [9.17, 15) is 4.79 Å². The molecule has 0 aromatic heterocycles. The highest BCUT2D eigenvalue weighted by molar-refractivity contribution is 5.84. The van der Waals surface area contributed by atoms with Crippen molar-refractivity contribution < 1.29 is 4.79 Å². The second-order valence-corrected chi connectivity index (χ2v) is 3.74. The van der Waals surface area contributed by atoms with Crippen LogP contribution in [0.2, 0.25) is 0 Å². The van der Waals surface area contributed by atoms with E-state index in [1.54, 1.807) is 6.92 Å². The first kappa shape index (κ1) is 13.2. The molecule has 0 aliphatic rings. The summed E-state index contributed by atoms with van der Waals surface area (Å²) in [5, 5.41) is 0. The number of Topliss-reactive ketones (excluding diaryl/α,β-unsaturated/α-hetero) is 1. The van der Waals surface area contributed by atoms with Gasteiger partial charge in [-0.05, 0) is 33.6 Å². The molecular weight excluding hydrogens is 172 g/mol.